The molecule has 0 aliphatic rings. The molecule has 0 aromatic carbocycles. The van der Waals surface area contributed by atoms with E-state index < -0.39 is 0 Å². The van der Waals surface area contributed by atoms with Gasteiger partial charge in [0.2, 0.25) is 0 Å². The molecule has 0 aromatic rings. The molecule has 4 nitrogen and oxygen atoms in total. The Morgan fingerprint density at radius 1 is 0.600 bits per heavy atom. The quantitative estimate of drug-likeness (QED) is 0.0835. The minimum absolute atomic E-state index is 0.0328. The van der Waals surface area contributed by atoms with Gasteiger partial charge in [0.15, 0.2) is 13.1 Å². The van der Waals surface area contributed by atoms with Gasteiger partial charge in [-0.2, -0.15) is 0 Å². The van der Waals surface area contributed by atoms with Gasteiger partial charge in [0.25, 0.3) is 0 Å². The van der Waals surface area contributed by atoms with Crippen LogP contribution in [0.1, 0.15) is 124 Å². The average Bonchev–Trinajstić information content (AvgIpc) is 2.76. The minimum atomic E-state index is -0.0328. The zero-order valence-corrected chi connectivity index (χ0v) is 20.5. The molecule has 0 saturated carbocycles. The van der Waals surface area contributed by atoms with Gasteiger partial charge in [-0.3, -0.25) is 0 Å². The molecule has 0 rings (SSSR count). The van der Waals surface area contributed by atoms with E-state index in [0.717, 1.165) is 71.2 Å². The van der Waals surface area contributed by atoms with Crippen molar-refractivity contribution in [3.05, 3.63) is 12.3 Å². The maximum atomic E-state index is 6.06. The first-order chi connectivity index (χ1) is 14.8. The van der Waals surface area contributed by atoms with Crippen LogP contribution in [0.4, 0.5) is 0 Å². The SMILES string of the molecule is CCCCCCCOC(CCCCC=COCOCCCC)OCCCCCCC. The summed E-state index contributed by atoms with van der Waals surface area (Å²) in [6.45, 7) is 9.46. The van der Waals surface area contributed by atoms with Crippen molar-refractivity contribution < 1.29 is 18.9 Å². The number of ether oxygens (including phenoxy) is 4. The van der Waals surface area contributed by atoms with Gasteiger partial charge in [-0.25, -0.2) is 0 Å². The van der Waals surface area contributed by atoms with Crippen molar-refractivity contribution in [3.8, 4) is 0 Å². The maximum Gasteiger partial charge on any atom is 0.188 e. The number of unbranched alkanes of at least 4 members (excludes halogenated alkanes) is 11. The number of hydrogen-bond donors (Lipinski definition) is 0. The smallest absolute Gasteiger partial charge is 0.188 e. The molecule has 0 radical (unpaired) electrons. The van der Waals surface area contributed by atoms with Crippen LogP contribution < -0.4 is 0 Å². The molecule has 0 saturated heterocycles. The van der Waals surface area contributed by atoms with E-state index in [0.29, 0.717) is 6.79 Å². The Hall–Kier alpha value is -0.580. The van der Waals surface area contributed by atoms with Crippen molar-refractivity contribution in [2.75, 3.05) is 26.6 Å². The molecule has 0 amide bonds. The van der Waals surface area contributed by atoms with Crippen molar-refractivity contribution in [2.24, 2.45) is 0 Å². The van der Waals surface area contributed by atoms with Crippen LogP contribution in [0.2, 0.25) is 0 Å². The fourth-order valence-corrected chi connectivity index (χ4v) is 3.16. The lowest BCUT2D eigenvalue weighted by molar-refractivity contribution is -0.148. The van der Waals surface area contributed by atoms with Gasteiger partial charge in [-0.05, 0) is 51.0 Å². The summed E-state index contributed by atoms with van der Waals surface area (Å²) in [6, 6.07) is 0. The second-order valence-electron chi connectivity index (χ2n) is 8.20. The molecule has 0 heterocycles. The first-order valence-electron chi connectivity index (χ1n) is 12.9. The van der Waals surface area contributed by atoms with Crippen LogP contribution in [0, 0.1) is 0 Å². The molecular weight excluding hydrogens is 376 g/mol. The van der Waals surface area contributed by atoms with Crippen molar-refractivity contribution in [2.45, 2.75) is 130 Å². The summed E-state index contributed by atoms with van der Waals surface area (Å²) in [5, 5.41) is 0. The summed E-state index contributed by atoms with van der Waals surface area (Å²) in [5.74, 6) is 0. The van der Waals surface area contributed by atoms with Gasteiger partial charge in [-0.15, -0.1) is 0 Å². The van der Waals surface area contributed by atoms with E-state index in [1.54, 1.807) is 6.26 Å². The van der Waals surface area contributed by atoms with Crippen LogP contribution in [0.25, 0.3) is 0 Å². The molecule has 180 valence electrons. The summed E-state index contributed by atoms with van der Waals surface area (Å²) < 4.78 is 22.8. The Kier molecular flexibility index (Phi) is 25.9. The standard InChI is InChI=1S/C26H52O4/c1-4-7-10-13-18-23-29-26(30-24-19-14-11-8-5-2)20-16-12-15-17-22-28-25-27-21-9-6-3/h17,22,26H,4-16,18-21,23-25H2,1-3H3. The van der Waals surface area contributed by atoms with Gasteiger partial charge < -0.3 is 18.9 Å². The highest BCUT2D eigenvalue weighted by atomic mass is 16.7. The van der Waals surface area contributed by atoms with Crippen LogP contribution in [-0.2, 0) is 18.9 Å². The first-order valence-corrected chi connectivity index (χ1v) is 12.9. The van der Waals surface area contributed by atoms with Crippen LogP contribution in [0.5, 0.6) is 0 Å². The van der Waals surface area contributed by atoms with Crippen LogP contribution in [0.3, 0.4) is 0 Å². The third-order valence-corrected chi connectivity index (χ3v) is 5.15. The Morgan fingerprint density at radius 2 is 1.20 bits per heavy atom. The lowest BCUT2D eigenvalue weighted by Gasteiger charge is -2.19. The van der Waals surface area contributed by atoms with E-state index in [1.807, 2.05) is 0 Å². The van der Waals surface area contributed by atoms with E-state index in [1.165, 1.54) is 51.4 Å². The highest BCUT2D eigenvalue weighted by molar-refractivity contribution is 4.72. The number of hydrogen-bond acceptors (Lipinski definition) is 4. The molecule has 0 fully saturated rings. The zero-order chi connectivity index (χ0) is 22.0. The summed E-state index contributed by atoms with van der Waals surface area (Å²) >= 11 is 0. The molecule has 0 bridgehead atoms. The molecule has 0 aromatic heterocycles. The third kappa shape index (κ3) is 23.7. The van der Waals surface area contributed by atoms with E-state index in [9.17, 15) is 0 Å². The van der Waals surface area contributed by atoms with Crippen LogP contribution >= 0.6 is 0 Å². The summed E-state index contributed by atoms with van der Waals surface area (Å²) in [5.41, 5.74) is 0. The summed E-state index contributed by atoms with van der Waals surface area (Å²) in [6.07, 6.45) is 23.0. The Bertz CT molecular complexity index is 317. The van der Waals surface area contributed by atoms with Gasteiger partial charge in [0, 0.05) is 13.2 Å². The van der Waals surface area contributed by atoms with Gasteiger partial charge in [-0.1, -0.05) is 78.6 Å². The normalized spacial score (nSPS) is 11.7. The molecule has 30 heavy (non-hydrogen) atoms. The number of rotatable bonds is 25. The van der Waals surface area contributed by atoms with E-state index >= 15 is 0 Å². The highest BCUT2D eigenvalue weighted by Crippen LogP contribution is 2.12. The van der Waals surface area contributed by atoms with E-state index in [4.69, 9.17) is 18.9 Å². The van der Waals surface area contributed by atoms with Crippen LogP contribution in [0.15, 0.2) is 12.3 Å². The molecule has 0 atom stereocenters. The van der Waals surface area contributed by atoms with Crippen LogP contribution in [-0.4, -0.2) is 32.9 Å². The Labute approximate surface area is 188 Å². The third-order valence-electron chi connectivity index (χ3n) is 5.15. The molecule has 0 unspecified atom stereocenters. The average molecular weight is 429 g/mol. The second kappa shape index (κ2) is 26.5. The molecule has 4 heteroatoms. The summed E-state index contributed by atoms with van der Waals surface area (Å²) in [7, 11) is 0. The fourth-order valence-electron chi connectivity index (χ4n) is 3.16. The lowest BCUT2D eigenvalue weighted by Crippen LogP contribution is -2.19. The van der Waals surface area contributed by atoms with E-state index in [-0.39, 0.29) is 6.29 Å². The largest absolute Gasteiger partial charge is 0.475 e. The fraction of sp³-hybridized carbons (Fsp3) is 0.923. The molecule has 0 aliphatic heterocycles. The van der Waals surface area contributed by atoms with Crippen molar-refractivity contribution in [3.63, 3.8) is 0 Å². The topological polar surface area (TPSA) is 36.9 Å². The van der Waals surface area contributed by atoms with Gasteiger partial charge in [0.05, 0.1) is 12.9 Å². The van der Waals surface area contributed by atoms with Gasteiger partial charge in [0.1, 0.15) is 0 Å². The lowest BCUT2D eigenvalue weighted by atomic mass is 10.1. The maximum absolute atomic E-state index is 6.06. The molecule has 0 N–H and O–H groups in total. The highest BCUT2D eigenvalue weighted by Gasteiger charge is 2.09. The monoisotopic (exact) mass is 428 g/mol. The van der Waals surface area contributed by atoms with Crippen molar-refractivity contribution in [1.29, 1.82) is 0 Å². The van der Waals surface area contributed by atoms with Gasteiger partial charge >= 0.3 is 0 Å². The molecule has 0 aliphatic carbocycles. The molecular formula is C26H52O4. The summed E-state index contributed by atoms with van der Waals surface area (Å²) in [4.78, 5) is 0. The minimum Gasteiger partial charge on any atom is -0.475 e. The predicted molar refractivity (Wildman–Crippen MR) is 128 cm³/mol. The number of allylic oxidation sites excluding steroid dienone is 1. The first kappa shape index (κ1) is 29.4. The predicted octanol–water partition coefficient (Wildman–Crippen LogP) is 8.15. The second-order valence-corrected chi connectivity index (χ2v) is 8.20. The molecule has 0 spiro atoms. The van der Waals surface area contributed by atoms with Crippen molar-refractivity contribution >= 4 is 0 Å². The zero-order valence-electron chi connectivity index (χ0n) is 20.5. The Morgan fingerprint density at radius 3 is 1.80 bits per heavy atom. The van der Waals surface area contributed by atoms with Crippen molar-refractivity contribution in [1.82, 2.24) is 0 Å². The Balaban J connectivity index is 3.82. The van der Waals surface area contributed by atoms with E-state index in [2.05, 4.69) is 26.8 Å².